The van der Waals surface area contributed by atoms with Gasteiger partial charge in [0, 0.05) is 41.9 Å². The van der Waals surface area contributed by atoms with Crippen LogP contribution in [0.4, 0.5) is 5.69 Å². The smallest absolute Gasteiger partial charge is 0.337 e. The van der Waals surface area contributed by atoms with E-state index in [2.05, 4.69) is 20.0 Å². The normalized spacial score (nSPS) is 10.3. The molecule has 3 aromatic rings. The molecule has 0 aliphatic heterocycles. The van der Waals surface area contributed by atoms with E-state index in [1.165, 1.54) is 18.4 Å². The van der Waals surface area contributed by atoms with Crippen molar-refractivity contribution in [2.24, 2.45) is 0 Å². The van der Waals surface area contributed by atoms with Crippen molar-refractivity contribution in [2.75, 3.05) is 12.4 Å². The number of nitrogens with one attached hydrogen (secondary N) is 1. The monoisotopic (exact) mass is 367 g/mol. The third-order valence-electron chi connectivity index (χ3n) is 3.66. The van der Waals surface area contributed by atoms with Crippen molar-refractivity contribution < 1.29 is 14.3 Å². The Morgan fingerprint density at radius 3 is 2.77 bits per heavy atom. The number of carbonyl (C=O) groups is 2. The first kappa shape index (κ1) is 17.8. The molecule has 0 radical (unpaired) electrons. The van der Waals surface area contributed by atoms with Crippen molar-refractivity contribution >= 4 is 28.9 Å². The highest BCUT2D eigenvalue weighted by Crippen LogP contribution is 2.22. The molecule has 0 bridgehead atoms. The van der Waals surface area contributed by atoms with E-state index in [0.29, 0.717) is 24.1 Å². The topological polar surface area (TPSA) is 81.2 Å². The van der Waals surface area contributed by atoms with Crippen molar-refractivity contribution in [3.63, 3.8) is 0 Å². The number of esters is 1. The van der Waals surface area contributed by atoms with Crippen LogP contribution in [0.15, 0.2) is 54.2 Å². The molecule has 26 heavy (non-hydrogen) atoms. The Kier molecular flexibility index (Phi) is 5.70. The Balaban J connectivity index is 1.56. The maximum atomic E-state index is 12.2. The number of rotatable bonds is 6. The summed E-state index contributed by atoms with van der Waals surface area (Å²) in [5.41, 5.74) is 2.85. The Morgan fingerprint density at radius 2 is 2.00 bits per heavy atom. The zero-order valence-corrected chi connectivity index (χ0v) is 15.0. The highest BCUT2D eigenvalue weighted by atomic mass is 32.1. The van der Waals surface area contributed by atoms with E-state index in [1.54, 1.807) is 36.7 Å². The number of thiazole rings is 1. The number of aryl methyl sites for hydroxylation is 1. The number of methoxy groups -OCH3 is 1. The lowest BCUT2D eigenvalue weighted by Gasteiger charge is -2.06. The largest absolute Gasteiger partial charge is 0.465 e. The Morgan fingerprint density at radius 1 is 1.19 bits per heavy atom. The molecule has 3 rings (SSSR count). The highest BCUT2D eigenvalue weighted by molar-refractivity contribution is 7.09. The van der Waals surface area contributed by atoms with E-state index in [9.17, 15) is 9.59 Å². The molecule has 1 N–H and O–H groups in total. The summed E-state index contributed by atoms with van der Waals surface area (Å²) in [5.74, 6) is -0.569. The molecule has 7 heteroatoms. The van der Waals surface area contributed by atoms with Crippen LogP contribution < -0.4 is 5.32 Å². The number of ether oxygens (including phenoxy) is 1. The number of benzene rings is 1. The molecule has 2 aromatic heterocycles. The minimum atomic E-state index is -0.437. The molecule has 0 spiro atoms. The van der Waals surface area contributed by atoms with Crippen molar-refractivity contribution in [3.8, 4) is 11.3 Å². The maximum absolute atomic E-state index is 12.2. The van der Waals surface area contributed by atoms with Gasteiger partial charge in [-0.15, -0.1) is 11.3 Å². The van der Waals surface area contributed by atoms with Gasteiger partial charge in [-0.25, -0.2) is 9.78 Å². The third kappa shape index (κ3) is 4.52. The molecule has 0 saturated heterocycles. The molecule has 2 heterocycles. The van der Waals surface area contributed by atoms with Crippen LogP contribution in [-0.2, 0) is 16.0 Å². The summed E-state index contributed by atoms with van der Waals surface area (Å²) in [6.07, 6.45) is 4.32. The molecule has 132 valence electrons. The lowest BCUT2D eigenvalue weighted by atomic mass is 10.2. The van der Waals surface area contributed by atoms with Gasteiger partial charge in [0.15, 0.2) is 0 Å². The maximum Gasteiger partial charge on any atom is 0.337 e. The predicted molar refractivity (Wildman–Crippen MR) is 100 cm³/mol. The molecular weight excluding hydrogens is 350 g/mol. The Hall–Kier alpha value is -3.06. The fraction of sp³-hybridized carbons (Fsp3) is 0.158. The van der Waals surface area contributed by atoms with Crippen molar-refractivity contribution in [1.29, 1.82) is 0 Å². The van der Waals surface area contributed by atoms with Crippen LogP contribution in [0.25, 0.3) is 11.3 Å². The summed E-state index contributed by atoms with van der Waals surface area (Å²) in [4.78, 5) is 32.2. The van der Waals surface area contributed by atoms with Crippen LogP contribution >= 0.6 is 11.3 Å². The van der Waals surface area contributed by atoms with Gasteiger partial charge in [-0.1, -0.05) is 6.07 Å². The second kappa shape index (κ2) is 8.35. The van der Waals surface area contributed by atoms with Gasteiger partial charge in [0.25, 0.3) is 0 Å². The average molecular weight is 367 g/mol. The van der Waals surface area contributed by atoms with Gasteiger partial charge in [0.1, 0.15) is 0 Å². The molecule has 0 aliphatic carbocycles. The number of amides is 1. The van der Waals surface area contributed by atoms with E-state index in [1.807, 2.05) is 17.5 Å². The minimum absolute atomic E-state index is 0.132. The minimum Gasteiger partial charge on any atom is -0.465 e. The van der Waals surface area contributed by atoms with Crippen LogP contribution in [-0.4, -0.2) is 29.0 Å². The van der Waals surface area contributed by atoms with E-state index >= 15 is 0 Å². The summed E-state index contributed by atoms with van der Waals surface area (Å²) < 4.78 is 4.68. The van der Waals surface area contributed by atoms with E-state index < -0.39 is 5.97 Å². The quantitative estimate of drug-likeness (QED) is 0.674. The van der Waals surface area contributed by atoms with Crippen molar-refractivity contribution in [1.82, 2.24) is 9.97 Å². The second-order valence-corrected chi connectivity index (χ2v) is 6.43. The lowest BCUT2D eigenvalue weighted by molar-refractivity contribution is -0.116. The summed E-state index contributed by atoms with van der Waals surface area (Å²) in [6, 6.07) is 10.5. The number of hydrogen-bond donors (Lipinski definition) is 1. The third-order valence-corrected chi connectivity index (χ3v) is 4.57. The number of carbonyl (C=O) groups excluding carboxylic acids is 2. The van der Waals surface area contributed by atoms with Gasteiger partial charge < -0.3 is 10.1 Å². The lowest BCUT2D eigenvalue weighted by Crippen LogP contribution is -2.13. The predicted octanol–water partition coefficient (Wildman–Crippen LogP) is 3.56. The first-order valence-corrected chi connectivity index (χ1v) is 8.86. The van der Waals surface area contributed by atoms with E-state index in [-0.39, 0.29) is 5.91 Å². The molecule has 0 saturated carbocycles. The standard InChI is InChI=1S/C19H17N3O3S/c1-25-19(24)14-3-2-4-15(11-14)21-17(23)5-6-18-22-16(12-26-18)13-7-9-20-10-8-13/h2-4,7-12H,5-6H2,1H3,(H,21,23). The van der Waals surface area contributed by atoms with Gasteiger partial charge in [0.2, 0.25) is 5.91 Å². The molecule has 6 nitrogen and oxygen atoms in total. The zero-order chi connectivity index (χ0) is 18.4. The average Bonchev–Trinajstić information content (AvgIpc) is 3.16. The van der Waals surface area contributed by atoms with E-state index in [4.69, 9.17) is 0 Å². The summed E-state index contributed by atoms with van der Waals surface area (Å²) in [5, 5.41) is 5.66. The van der Waals surface area contributed by atoms with Gasteiger partial charge in [-0.2, -0.15) is 0 Å². The molecule has 1 aromatic carbocycles. The molecular formula is C19H17N3O3S. The first-order valence-electron chi connectivity index (χ1n) is 7.99. The van der Waals surface area contributed by atoms with Crippen molar-refractivity contribution in [3.05, 3.63) is 64.7 Å². The fourth-order valence-corrected chi connectivity index (χ4v) is 3.17. The second-order valence-electron chi connectivity index (χ2n) is 5.48. The summed E-state index contributed by atoms with van der Waals surface area (Å²) in [7, 11) is 1.32. The Bertz CT molecular complexity index is 909. The van der Waals surface area contributed by atoms with Crippen LogP contribution in [0.1, 0.15) is 21.8 Å². The molecule has 1 amide bonds. The number of hydrogen-bond acceptors (Lipinski definition) is 6. The zero-order valence-electron chi connectivity index (χ0n) is 14.1. The summed E-state index contributed by atoms with van der Waals surface area (Å²) in [6.45, 7) is 0. The van der Waals surface area contributed by atoms with E-state index in [0.717, 1.165) is 16.3 Å². The molecule has 0 aliphatic rings. The Labute approximate surface area is 154 Å². The van der Waals surface area contributed by atoms with Gasteiger partial charge in [0.05, 0.1) is 23.4 Å². The molecule has 0 fully saturated rings. The number of aromatic nitrogens is 2. The van der Waals surface area contributed by atoms with Crippen LogP contribution in [0, 0.1) is 0 Å². The SMILES string of the molecule is COC(=O)c1cccc(NC(=O)CCc2nc(-c3ccncc3)cs2)c1. The highest BCUT2D eigenvalue weighted by Gasteiger charge is 2.10. The van der Waals surface area contributed by atoms with Gasteiger partial charge in [-0.3, -0.25) is 9.78 Å². The molecule has 0 atom stereocenters. The van der Waals surface area contributed by atoms with Gasteiger partial charge >= 0.3 is 5.97 Å². The number of anilines is 1. The number of pyridine rings is 1. The summed E-state index contributed by atoms with van der Waals surface area (Å²) >= 11 is 1.53. The molecule has 0 unspecified atom stereocenters. The first-order chi connectivity index (χ1) is 12.7. The van der Waals surface area contributed by atoms with Crippen LogP contribution in [0.2, 0.25) is 0 Å². The van der Waals surface area contributed by atoms with Crippen LogP contribution in [0.3, 0.4) is 0 Å². The van der Waals surface area contributed by atoms with Crippen LogP contribution in [0.5, 0.6) is 0 Å². The van der Waals surface area contributed by atoms with Crippen molar-refractivity contribution in [2.45, 2.75) is 12.8 Å². The number of nitrogens with zero attached hydrogens (tertiary/aromatic N) is 2. The fourth-order valence-electron chi connectivity index (χ4n) is 2.37. The van der Waals surface area contributed by atoms with Gasteiger partial charge in [-0.05, 0) is 30.3 Å².